The first-order valence-electron chi connectivity index (χ1n) is 15.7. The molecule has 45 heavy (non-hydrogen) atoms. The lowest BCUT2D eigenvalue weighted by Gasteiger charge is -2.55. The van der Waals surface area contributed by atoms with E-state index < -0.39 is 35.0 Å². The standard InChI is InChI=1S/C38H35NO6/c1-3-19-39-36(43)25-18-17-24-28(32(25)37(39)44)20-29-34(41)27(22-11-6-4-7-12-22)21-31(40)38(29,23-13-8-5-9-14-23)33(24)26-15-10-16-30(45-2)35(26)42/h4-17,21,25,28-29,32-33,42H,3,18-20H2,1-2H3. The molecule has 7 rings (SSSR count). The minimum absolute atomic E-state index is 0.109. The molecule has 6 atom stereocenters. The number of benzene rings is 3. The van der Waals surface area contributed by atoms with Gasteiger partial charge in [0.1, 0.15) is 0 Å². The Morgan fingerprint density at radius 1 is 0.889 bits per heavy atom. The summed E-state index contributed by atoms with van der Waals surface area (Å²) >= 11 is 0. The van der Waals surface area contributed by atoms with Crippen LogP contribution in [-0.2, 0) is 24.6 Å². The van der Waals surface area contributed by atoms with Crippen LogP contribution >= 0.6 is 0 Å². The quantitative estimate of drug-likeness (QED) is 0.290. The number of aromatic hydroxyl groups is 1. The van der Waals surface area contributed by atoms with Crippen LogP contribution in [0.1, 0.15) is 48.8 Å². The van der Waals surface area contributed by atoms with Gasteiger partial charge >= 0.3 is 0 Å². The summed E-state index contributed by atoms with van der Waals surface area (Å²) in [5.41, 5.74) is 1.54. The number of phenolic OH excluding ortho intramolecular Hbond substituents is 1. The number of hydrogen-bond acceptors (Lipinski definition) is 6. The number of imide groups is 1. The Morgan fingerprint density at radius 2 is 1.60 bits per heavy atom. The third-order valence-electron chi connectivity index (χ3n) is 10.5. The van der Waals surface area contributed by atoms with E-state index >= 15 is 0 Å². The Morgan fingerprint density at radius 3 is 2.29 bits per heavy atom. The van der Waals surface area contributed by atoms with E-state index in [0.717, 1.165) is 5.57 Å². The maximum absolute atomic E-state index is 15.0. The SMILES string of the molecule is CCCN1C(=O)C2CC=C3C(CC4C(=O)C(c5ccccc5)=CC(=O)C4(c4ccccc4)C3c3cccc(OC)c3O)C2C1=O. The third kappa shape index (κ3) is 4.09. The van der Waals surface area contributed by atoms with Crippen molar-refractivity contribution in [3.8, 4) is 11.5 Å². The summed E-state index contributed by atoms with van der Waals surface area (Å²) in [6, 6.07) is 23.7. The number of Topliss-reactive ketones (excluding diaryl/α,β-unsaturated/α-hetero) is 1. The average molecular weight is 602 g/mol. The Hall–Kier alpha value is -4.78. The first-order valence-corrected chi connectivity index (χ1v) is 15.7. The topological polar surface area (TPSA) is 101 Å². The number of nitrogens with zero attached hydrogens (tertiary/aromatic N) is 1. The summed E-state index contributed by atoms with van der Waals surface area (Å²) in [4.78, 5) is 58.7. The highest BCUT2D eigenvalue weighted by molar-refractivity contribution is 6.31. The molecular formula is C38H35NO6. The minimum atomic E-state index is -1.40. The molecule has 7 nitrogen and oxygen atoms in total. The van der Waals surface area contributed by atoms with Crippen LogP contribution in [0.5, 0.6) is 11.5 Å². The smallest absolute Gasteiger partial charge is 0.233 e. The van der Waals surface area contributed by atoms with E-state index in [0.29, 0.717) is 41.6 Å². The van der Waals surface area contributed by atoms with E-state index in [2.05, 4.69) is 0 Å². The predicted molar refractivity (Wildman–Crippen MR) is 168 cm³/mol. The van der Waals surface area contributed by atoms with Crippen molar-refractivity contribution in [2.75, 3.05) is 13.7 Å². The van der Waals surface area contributed by atoms with E-state index in [9.17, 15) is 24.3 Å². The van der Waals surface area contributed by atoms with Crippen LogP contribution in [0.15, 0.2) is 96.6 Å². The predicted octanol–water partition coefficient (Wildman–Crippen LogP) is 5.64. The molecule has 2 fully saturated rings. The van der Waals surface area contributed by atoms with Crippen LogP contribution < -0.4 is 4.74 Å². The molecule has 2 amide bonds. The summed E-state index contributed by atoms with van der Waals surface area (Å²) in [5.74, 6) is -3.90. The van der Waals surface area contributed by atoms with E-state index in [1.165, 1.54) is 18.1 Å². The molecule has 0 aromatic heterocycles. The van der Waals surface area contributed by atoms with Gasteiger partial charge in [-0.3, -0.25) is 24.1 Å². The Balaban J connectivity index is 1.52. The molecule has 1 saturated heterocycles. The second-order valence-electron chi connectivity index (χ2n) is 12.5. The molecule has 1 saturated carbocycles. The number of allylic oxidation sites excluding steroid dienone is 4. The molecule has 4 aliphatic rings. The van der Waals surface area contributed by atoms with Crippen LogP contribution in [0.4, 0.5) is 0 Å². The lowest BCUT2D eigenvalue weighted by atomic mass is 9.44. The van der Waals surface area contributed by atoms with Crippen molar-refractivity contribution >= 4 is 29.0 Å². The minimum Gasteiger partial charge on any atom is -0.504 e. The van der Waals surface area contributed by atoms with E-state index in [1.54, 1.807) is 18.2 Å². The van der Waals surface area contributed by atoms with Crippen molar-refractivity contribution in [2.45, 2.75) is 37.5 Å². The van der Waals surface area contributed by atoms with Gasteiger partial charge in [0.25, 0.3) is 0 Å². The average Bonchev–Trinajstić information content (AvgIpc) is 3.31. The van der Waals surface area contributed by atoms with Gasteiger partial charge in [-0.25, -0.2) is 0 Å². The van der Waals surface area contributed by atoms with Gasteiger partial charge in [0.15, 0.2) is 23.1 Å². The van der Waals surface area contributed by atoms with Crippen molar-refractivity contribution in [3.63, 3.8) is 0 Å². The molecular weight excluding hydrogens is 566 g/mol. The zero-order valence-electron chi connectivity index (χ0n) is 25.3. The maximum atomic E-state index is 15.0. The molecule has 228 valence electrons. The number of carbonyl (C=O) groups is 4. The summed E-state index contributed by atoms with van der Waals surface area (Å²) < 4.78 is 5.51. The molecule has 3 aliphatic carbocycles. The van der Waals surface area contributed by atoms with Gasteiger partial charge in [-0.1, -0.05) is 91.4 Å². The van der Waals surface area contributed by atoms with Crippen LogP contribution in [-0.4, -0.2) is 47.0 Å². The Bertz CT molecular complexity index is 1780. The lowest BCUT2D eigenvalue weighted by molar-refractivity contribution is -0.140. The molecule has 1 heterocycles. The number of likely N-dealkylation sites (tertiary alicyclic amines) is 1. The molecule has 6 unspecified atom stereocenters. The van der Waals surface area contributed by atoms with E-state index in [4.69, 9.17) is 4.74 Å². The highest BCUT2D eigenvalue weighted by Crippen LogP contribution is 2.64. The van der Waals surface area contributed by atoms with Crippen molar-refractivity contribution < 1.29 is 29.0 Å². The largest absolute Gasteiger partial charge is 0.504 e. The van der Waals surface area contributed by atoms with Crippen LogP contribution in [0.2, 0.25) is 0 Å². The molecule has 0 bridgehead atoms. The molecule has 1 aliphatic heterocycles. The second-order valence-corrected chi connectivity index (χ2v) is 12.5. The first-order chi connectivity index (χ1) is 21.8. The number of amides is 2. The highest BCUT2D eigenvalue weighted by atomic mass is 16.5. The molecule has 0 radical (unpaired) electrons. The molecule has 0 spiro atoms. The van der Waals surface area contributed by atoms with Crippen LogP contribution in [0.25, 0.3) is 5.57 Å². The molecule has 1 N–H and O–H groups in total. The zero-order valence-corrected chi connectivity index (χ0v) is 25.3. The molecule has 3 aromatic carbocycles. The number of para-hydroxylation sites is 1. The van der Waals surface area contributed by atoms with Crippen molar-refractivity contribution in [1.82, 2.24) is 4.90 Å². The number of rotatable bonds is 6. The van der Waals surface area contributed by atoms with Gasteiger partial charge in [0, 0.05) is 29.5 Å². The maximum Gasteiger partial charge on any atom is 0.233 e. The normalized spacial score (nSPS) is 29.0. The van der Waals surface area contributed by atoms with Crippen molar-refractivity contribution in [1.29, 1.82) is 0 Å². The number of ether oxygens (including phenoxy) is 1. The first kappa shape index (κ1) is 29.0. The summed E-state index contributed by atoms with van der Waals surface area (Å²) in [6.45, 7) is 2.29. The third-order valence-corrected chi connectivity index (χ3v) is 10.5. The Kier molecular flexibility index (Phi) is 7.07. The van der Waals surface area contributed by atoms with Gasteiger partial charge < -0.3 is 9.84 Å². The van der Waals surface area contributed by atoms with Crippen LogP contribution in [0, 0.1) is 23.7 Å². The zero-order chi connectivity index (χ0) is 31.5. The summed E-state index contributed by atoms with van der Waals surface area (Å²) in [6.07, 6.45) is 4.72. The van der Waals surface area contributed by atoms with Crippen molar-refractivity contribution in [2.24, 2.45) is 23.7 Å². The van der Waals surface area contributed by atoms with Crippen LogP contribution in [0.3, 0.4) is 0 Å². The van der Waals surface area contributed by atoms with Crippen molar-refractivity contribution in [3.05, 3.63) is 113 Å². The highest BCUT2D eigenvalue weighted by Gasteiger charge is 2.66. The summed E-state index contributed by atoms with van der Waals surface area (Å²) in [5, 5.41) is 11.7. The lowest BCUT2D eigenvalue weighted by Crippen LogP contribution is -2.58. The van der Waals surface area contributed by atoms with E-state index in [1.807, 2.05) is 73.7 Å². The van der Waals surface area contributed by atoms with Gasteiger partial charge in [0.2, 0.25) is 11.8 Å². The Labute approximate surface area is 262 Å². The number of methoxy groups -OCH3 is 1. The number of hydrogen-bond donors (Lipinski definition) is 1. The molecule has 3 aromatic rings. The fourth-order valence-electron chi connectivity index (χ4n) is 8.66. The van der Waals surface area contributed by atoms with Gasteiger partial charge in [0.05, 0.1) is 24.4 Å². The monoisotopic (exact) mass is 601 g/mol. The fourth-order valence-corrected chi connectivity index (χ4v) is 8.66. The second kappa shape index (κ2) is 11.0. The van der Waals surface area contributed by atoms with Gasteiger partial charge in [-0.2, -0.15) is 0 Å². The van der Waals surface area contributed by atoms with Gasteiger partial charge in [-0.05, 0) is 48.4 Å². The number of ketones is 2. The van der Waals surface area contributed by atoms with Gasteiger partial charge in [-0.15, -0.1) is 0 Å². The summed E-state index contributed by atoms with van der Waals surface area (Å²) in [7, 11) is 1.47. The number of fused-ring (bicyclic) bond motifs is 4. The van der Waals surface area contributed by atoms with E-state index in [-0.39, 0.29) is 41.3 Å². The fraction of sp³-hybridized carbons (Fsp3) is 0.316. The number of carbonyl (C=O) groups excluding carboxylic acids is 4. The number of phenols is 1. The molecule has 7 heteroatoms.